The molecule has 0 bridgehead atoms. The summed E-state index contributed by atoms with van der Waals surface area (Å²) in [6.07, 6.45) is 4.33. The van der Waals surface area contributed by atoms with Crippen molar-refractivity contribution in [1.29, 1.82) is 0 Å². The van der Waals surface area contributed by atoms with Crippen LogP contribution in [-0.4, -0.2) is 35.0 Å². The van der Waals surface area contributed by atoms with Gasteiger partial charge in [-0.05, 0) is 31.4 Å². The minimum absolute atomic E-state index is 0.0801. The molecule has 5 nitrogen and oxygen atoms in total. The SMILES string of the molecule is CCC1(C(=O)O)CCN(C(=O)CCc2ccco2)CC1. The molecule has 1 aromatic rings. The van der Waals surface area contributed by atoms with Crippen molar-refractivity contribution in [3.8, 4) is 0 Å². The predicted molar refractivity (Wildman–Crippen MR) is 73.2 cm³/mol. The molecule has 20 heavy (non-hydrogen) atoms. The lowest BCUT2D eigenvalue weighted by molar-refractivity contribution is -0.154. The van der Waals surface area contributed by atoms with Crippen molar-refractivity contribution in [1.82, 2.24) is 4.90 Å². The first-order valence-electron chi connectivity index (χ1n) is 7.11. The normalized spacial score (nSPS) is 17.9. The van der Waals surface area contributed by atoms with Gasteiger partial charge in [0.15, 0.2) is 0 Å². The van der Waals surface area contributed by atoms with E-state index in [-0.39, 0.29) is 5.91 Å². The summed E-state index contributed by atoms with van der Waals surface area (Å²) in [6.45, 7) is 2.98. The quantitative estimate of drug-likeness (QED) is 0.898. The average Bonchev–Trinajstić information content (AvgIpc) is 2.98. The van der Waals surface area contributed by atoms with Crippen molar-refractivity contribution >= 4 is 11.9 Å². The molecule has 1 aliphatic heterocycles. The summed E-state index contributed by atoms with van der Waals surface area (Å²) in [5, 5.41) is 9.33. The van der Waals surface area contributed by atoms with Crippen LogP contribution in [0, 0.1) is 5.41 Å². The number of carboxylic acids is 1. The first-order valence-corrected chi connectivity index (χ1v) is 7.11. The third-order valence-electron chi connectivity index (χ3n) is 4.37. The molecule has 2 heterocycles. The third-order valence-corrected chi connectivity index (χ3v) is 4.37. The van der Waals surface area contributed by atoms with Gasteiger partial charge in [0, 0.05) is 25.9 Å². The molecule has 2 rings (SSSR count). The van der Waals surface area contributed by atoms with Crippen LogP contribution in [0.15, 0.2) is 22.8 Å². The first kappa shape index (κ1) is 14.6. The van der Waals surface area contributed by atoms with Crippen LogP contribution in [0.3, 0.4) is 0 Å². The minimum Gasteiger partial charge on any atom is -0.481 e. The minimum atomic E-state index is -0.734. The highest BCUT2D eigenvalue weighted by Crippen LogP contribution is 2.35. The molecule has 1 N–H and O–H groups in total. The van der Waals surface area contributed by atoms with E-state index >= 15 is 0 Å². The fourth-order valence-corrected chi connectivity index (χ4v) is 2.75. The Morgan fingerprint density at radius 3 is 2.60 bits per heavy atom. The summed E-state index contributed by atoms with van der Waals surface area (Å²) >= 11 is 0. The van der Waals surface area contributed by atoms with Crippen molar-refractivity contribution in [2.75, 3.05) is 13.1 Å². The van der Waals surface area contributed by atoms with Gasteiger partial charge in [0.05, 0.1) is 11.7 Å². The molecule has 1 aromatic heterocycles. The number of rotatable bonds is 5. The number of hydrogen-bond acceptors (Lipinski definition) is 3. The van der Waals surface area contributed by atoms with Gasteiger partial charge in [-0.3, -0.25) is 9.59 Å². The largest absolute Gasteiger partial charge is 0.481 e. The van der Waals surface area contributed by atoms with Crippen LogP contribution in [0.25, 0.3) is 0 Å². The number of likely N-dealkylation sites (tertiary alicyclic amines) is 1. The zero-order valence-electron chi connectivity index (χ0n) is 11.8. The molecule has 0 aliphatic carbocycles. The van der Waals surface area contributed by atoms with Gasteiger partial charge < -0.3 is 14.4 Å². The maximum atomic E-state index is 12.1. The lowest BCUT2D eigenvalue weighted by Gasteiger charge is -2.38. The molecule has 0 radical (unpaired) electrons. The number of nitrogens with zero attached hydrogens (tertiary/aromatic N) is 1. The van der Waals surface area contributed by atoms with E-state index in [0.717, 1.165) is 5.76 Å². The number of hydrogen-bond donors (Lipinski definition) is 1. The van der Waals surface area contributed by atoms with Crippen LogP contribution in [-0.2, 0) is 16.0 Å². The summed E-state index contributed by atoms with van der Waals surface area (Å²) in [4.78, 5) is 25.2. The van der Waals surface area contributed by atoms with Gasteiger partial charge in [-0.1, -0.05) is 6.92 Å². The maximum absolute atomic E-state index is 12.1. The number of aryl methyl sites for hydroxylation is 1. The highest BCUT2D eigenvalue weighted by Gasteiger charge is 2.40. The lowest BCUT2D eigenvalue weighted by Crippen LogP contribution is -2.46. The van der Waals surface area contributed by atoms with Crippen molar-refractivity contribution < 1.29 is 19.1 Å². The number of aliphatic carboxylic acids is 1. The predicted octanol–water partition coefficient (Wildman–Crippen LogP) is 2.32. The molecule has 0 aromatic carbocycles. The van der Waals surface area contributed by atoms with Gasteiger partial charge in [-0.2, -0.15) is 0 Å². The Morgan fingerprint density at radius 2 is 2.10 bits per heavy atom. The molecule has 1 aliphatic rings. The van der Waals surface area contributed by atoms with Crippen molar-refractivity contribution in [2.45, 2.75) is 39.0 Å². The Bertz CT molecular complexity index is 458. The van der Waals surface area contributed by atoms with E-state index in [9.17, 15) is 14.7 Å². The molecule has 5 heteroatoms. The topological polar surface area (TPSA) is 70.8 Å². The summed E-state index contributed by atoms with van der Waals surface area (Å²) in [5.74, 6) is 0.156. The number of carbonyl (C=O) groups is 2. The van der Waals surface area contributed by atoms with Gasteiger partial charge >= 0.3 is 5.97 Å². The van der Waals surface area contributed by atoms with E-state index in [0.29, 0.717) is 45.2 Å². The van der Waals surface area contributed by atoms with E-state index in [1.807, 2.05) is 19.1 Å². The Hall–Kier alpha value is -1.78. The van der Waals surface area contributed by atoms with Gasteiger partial charge in [-0.15, -0.1) is 0 Å². The Morgan fingerprint density at radius 1 is 1.40 bits per heavy atom. The van der Waals surface area contributed by atoms with Crippen LogP contribution < -0.4 is 0 Å². The number of furan rings is 1. The standard InChI is InChI=1S/C15H21NO4/c1-2-15(14(18)19)7-9-16(10-8-15)13(17)6-5-12-4-3-11-20-12/h3-4,11H,2,5-10H2,1H3,(H,18,19). The first-order chi connectivity index (χ1) is 9.57. The van der Waals surface area contributed by atoms with E-state index in [1.165, 1.54) is 0 Å². The van der Waals surface area contributed by atoms with E-state index in [1.54, 1.807) is 11.2 Å². The van der Waals surface area contributed by atoms with Crippen molar-refractivity contribution in [3.63, 3.8) is 0 Å². The molecule has 1 amide bonds. The second-order valence-electron chi connectivity index (χ2n) is 5.40. The molecule has 1 saturated heterocycles. The number of carbonyl (C=O) groups excluding carboxylic acids is 1. The van der Waals surface area contributed by atoms with E-state index in [2.05, 4.69) is 0 Å². The van der Waals surface area contributed by atoms with Gasteiger partial charge in [0.2, 0.25) is 5.91 Å². The van der Waals surface area contributed by atoms with Gasteiger partial charge in [-0.25, -0.2) is 0 Å². The summed E-state index contributed by atoms with van der Waals surface area (Å²) in [6, 6.07) is 3.67. The molecular weight excluding hydrogens is 258 g/mol. The molecule has 0 unspecified atom stereocenters. The van der Waals surface area contributed by atoms with Crippen LogP contribution in [0.4, 0.5) is 0 Å². The molecule has 110 valence electrons. The molecule has 1 fully saturated rings. The smallest absolute Gasteiger partial charge is 0.309 e. The van der Waals surface area contributed by atoms with Gasteiger partial charge in [0.1, 0.15) is 5.76 Å². The summed E-state index contributed by atoms with van der Waals surface area (Å²) < 4.78 is 5.20. The van der Waals surface area contributed by atoms with Gasteiger partial charge in [0.25, 0.3) is 0 Å². The zero-order valence-corrected chi connectivity index (χ0v) is 11.8. The fraction of sp³-hybridized carbons (Fsp3) is 0.600. The van der Waals surface area contributed by atoms with E-state index < -0.39 is 11.4 Å². The van der Waals surface area contributed by atoms with Crippen LogP contribution in [0.2, 0.25) is 0 Å². The average molecular weight is 279 g/mol. The monoisotopic (exact) mass is 279 g/mol. The summed E-state index contributed by atoms with van der Waals surface area (Å²) in [7, 11) is 0. The number of carboxylic acid groups (broad SMARTS) is 1. The molecule has 0 spiro atoms. The zero-order chi connectivity index (χ0) is 14.6. The second kappa shape index (κ2) is 6.11. The Labute approximate surface area is 118 Å². The second-order valence-corrected chi connectivity index (χ2v) is 5.40. The lowest BCUT2D eigenvalue weighted by atomic mass is 9.76. The van der Waals surface area contributed by atoms with Crippen molar-refractivity contribution in [2.24, 2.45) is 5.41 Å². The highest BCUT2D eigenvalue weighted by molar-refractivity contribution is 5.78. The summed E-state index contributed by atoms with van der Waals surface area (Å²) in [5.41, 5.74) is -0.641. The molecule has 0 atom stereocenters. The maximum Gasteiger partial charge on any atom is 0.309 e. The third kappa shape index (κ3) is 3.03. The van der Waals surface area contributed by atoms with Crippen LogP contribution >= 0.6 is 0 Å². The fourth-order valence-electron chi connectivity index (χ4n) is 2.75. The van der Waals surface area contributed by atoms with Crippen molar-refractivity contribution in [3.05, 3.63) is 24.2 Å². The molecular formula is C15H21NO4. The van der Waals surface area contributed by atoms with Crippen LogP contribution in [0.1, 0.15) is 38.4 Å². The van der Waals surface area contributed by atoms with E-state index in [4.69, 9.17) is 4.42 Å². The number of amides is 1. The Balaban J connectivity index is 1.84. The van der Waals surface area contributed by atoms with Crippen LogP contribution in [0.5, 0.6) is 0 Å². The highest BCUT2D eigenvalue weighted by atomic mass is 16.4. The molecule has 0 saturated carbocycles. The Kier molecular flexibility index (Phi) is 4.47. The number of piperidine rings is 1.